The van der Waals surface area contributed by atoms with Crippen LogP contribution in [0, 0.1) is 0 Å². The molecule has 8 N–H and O–H groups in total. The minimum absolute atomic E-state index is 0.597. The van der Waals surface area contributed by atoms with Crippen molar-refractivity contribution in [1.29, 1.82) is 0 Å². The van der Waals surface area contributed by atoms with Crippen LogP contribution in [0.25, 0.3) is 0 Å². The van der Waals surface area contributed by atoms with Gasteiger partial charge in [-0.2, -0.15) is 0 Å². The average molecular weight is 150 g/mol. The highest BCUT2D eigenvalue weighted by molar-refractivity contribution is 4.26. The van der Waals surface area contributed by atoms with Gasteiger partial charge in [-0.05, 0) is 13.1 Å². The summed E-state index contributed by atoms with van der Waals surface area (Å²) in [6, 6.07) is 0. The Bertz CT molecular complexity index is 21.7. The van der Waals surface area contributed by atoms with Gasteiger partial charge in [-0.25, -0.2) is 0 Å². The highest BCUT2D eigenvalue weighted by Gasteiger charge is 1.54. The Labute approximate surface area is 63.9 Å². The zero-order valence-electron chi connectivity index (χ0n) is 7.14. The maximum atomic E-state index is 4.90. The fourth-order valence-corrected chi connectivity index (χ4v) is 0. The van der Waals surface area contributed by atoms with Gasteiger partial charge in [0.15, 0.2) is 0 Å². The molecule has 0 aromatic carbocycles. The summed E-state index contributed by atoms with van der Waals surface area (Å²) in [4.78, 5) is 0. The van der Waals surface area contributed by atoms with Gasteiger partial charge in [0.2, 0.25) is 0 Å². The molecular formula is C6H22N4. The topological polar surface area (TPSA) is 104 Å². The summed E-state index contributed by atoms with van der Waals surface area (Å²) in [7, 11) is 0. The maximum Gasteiger partial charge on any atom is 0.00461 e. The molecule has 0 amide bonds. The predicted molar refractivity (Wildman–Crippen MR) is 47.6 cm³/mol. The Balaban J connectivity index is -0.0000000750. The van der Waals surface area contributed by atoms with Crippen molar-refractivity contribution in [3.63, 3.8) is 0 Å². The first-order valence-corrected chi connectivity index (χ1v) is 3.55. The number of hydrogen-bond acceptors (Lipinski definition) is 4. The van der Waals surface area contributed by atoms with Gasteiger partial charge in [0.1, 0.15) is 0 Å². The van der Waals surface area contributed by atoms with Crippen molar-refractivity contribution in [3.05, 3.63) is 0 Å². The first-order chi connectivity index (χ1) is 4.74. The molecule has 0 rings (SSSR count). The minimum Gasteiger partial charge on any atom is -0.331 e. The van der Waals surface area contributed by atoms with Crippen LogP contribution >= 0.6 is 0 Å². The Hall–Kier alpha value is -0.160. The van der Waals surface area contributed by atoms with Crippen molar-refractivity contribution < 1.29 is 0 Å². The second-order valence-electron chi connectivity index (χ2n) is 1.39. The number of nitrogens with two attached hydrogens (primary N) is 4. The van der Waals surface area contributed by atoms with Crippen LogP contribution < -0.4 is 22.9 Å². The van der Waals surface area contributed by atoms with Crippen molar-refractivity contribution in [2.75, 3.05) is 26.2 Å². The van der Waals surface area contributed by atoms with Gasteiger partial charge in [0.25, 0.3) is 0 Å². The quantitative estimate of drug-likeness (QED) is 0.378. The van der Waals surface area contributed by atoms with E-state index in [2.05, 4.69) is 0 Å². The summed E-state index contributed by atoms with van der Waals surface area (Å²) in [6.45, 7) is 6.50. The van der Waals surface area contributed by atoms with Gasteiger partial charge in [0, 0.05) is 13.1 Å². The van der Waals surface area contributed by atoms with Gasteiger partial charge in [0.05, 0.1) is 0 Å². The molecule has 0 radical (unpaired) electrons. The smallest absolute Gasteiger partial charge is 0.00461 e. The monoisotopic (exact) mass is 150 g/mol. The molecule has 10 heavy (non-hydrogen) atoms. The molecular weight excluding hydrogens is 128 g/mol. The SMILES string of the molecule is CCN.CCN.NCCN. The van der Waals surface area contributed by atoms with Crippen LogP contribution in [0.5, 0.6) is 0 Å². The lowest BCUT2D eigenvalue weighted by atomic mass is 10.7. The third-order valence-electron chi connectivity index (χ3n) is 0.167. The summed E-state index contributed by atoms with van der Waals surface area (Å²) in [6.07, 6.45) is 0. The standard InChI is InChI=1S/C2H8N2.2C2H7N/c3-1-2-4;2*1-2-3/h1-4H2;2*2-3H2,1H3. The van der Waals surface area contributed by atoms with Crippen molar-refractivity contribution in [2.45, 2.75) is 13.8 Å². The first-order valence-electron chi connectivity index (χ1n) is 3.55. The van der Waals surface area contributed by atoms with Crippen LogP contribution in [0.3, 0.4) is 0 Å². The molecule has 0 spiro atoms. The summed E-state index contributed by atoms with van der Waals surface area (Å²) >= 11 is 0. The van der Waals surface area contributed by atoms with E-state index in [9.17, 15) is 0 Å². The molecule has 4 heteroatoms. The van der Waals surface area contributed by atoms with Gasteiger partial charge >= 0.3 is 0 Å². The molecule has 0 aromatic rings. The first kappa shape index (κ1) is 16.4. The Morgan fingerprint density at radius 1 is 0.700 bits per heavy atom. The van der Waals surface area contributed by atoms with Gasteiger partial charge in [-0.3, -0.25) is 0 Å². The fourth-order valence-electron chi connectivity index (χ4n) is 0. The molecule has 66 valence electrons. The zero-order chi connectivity index (χ0) is 8.83. The van der Waals surface area contributed by atoms with E-state index in [1.807, 2.05) is 13.8 Å². The molecule has 0 unspecified atom stereocenters. The molecule has 0 aliphatic rings. The van der Waals surface area contributed by atoms with Gasteiger partial charge in [-0.15, -0.1) is 0 Å². The molecule has 0 heterocycles. The molecule has 0 aromatic heterocycles. The van der Waals surface area contributed by atoms with Crippen LogP contribution in [-0.4, -0.2) is 26.2 Å². The highest BCUT2D eigenvalue weighted by atomic mass is 14.6. The van der Waals surface area contributed by atoms with Gasteiger partial charge < -0.3 is 22.9 Å². The van der Waals surface area contributed by atoms with Crippen LogP contribution in [0.2, 0.25) is 0 Å². The number of hydrogen-bond donors (Lipinski definition) is 4. The molecule has 0 bridgehead atoms. The van der Waals surface area contributed by atoms with E-state index >= 15 is 0 Å². The molecule has 0 aliphatic carbocycles. The van der Waals surface area contributed by atoms with Crippen LogP contribution in [0.1, 0.15) is 13.8 Å². The third-order valence-corrected chi connectivity index (χ3v) is 0.167. The lowest BCUT2D eigenvalue weighted by Gasteiger charge is -1.72. The molecule has 0 aliphatic heterocycles. The van der Waals surface area contributed by atoms with E-state index in [-0.39, 0.29) is 0 Å². The van der Waals surface area contributed by atoms with Crippen LogP contribution in [0.4, 0.5) is 0 Å². The van der Waals surface area contributed by atoms with Gasteiger partial charge in [-0.1, -0.05) is 13.8 Å². The second-order valence-corrected chi connectivity index (χ2v) is 1.39. The summed E-state index contributed by atoms with van der Waals surface area (Å²) < 4.78 is 0. The molecule has 0 saturated heterocycles. The Morgan fingerprint density at radius 3 is 0.800 bits per heavy atom. The third kappa shape index (κ3) is 520. The van der Waals surface area contributed by atoms with Crippen molar-refractivity contribution >= 4 is 0 Å². The zero-order valence-corrected chi connectivity index (χ0v) is 7.14. The molecule has 4 nitrogen and oxygen atoms in total. The van der Waals surface area contributed by atoms with Crippen LogP contribution in [0.15, 0.2) is 0 Å². The van der Waals surface area contributed by atoms with E-state index in [4.69, 9.17) is 22.9 Å². The summed E-state index contributed by atoms with van der Waals surface area (Å²) in [5.41, 5.74) is 19.5. The van der Waals surface area contributed by atoms with Crippen molar-refractivity contribution in [2.24, 2.45) is 22.9 Å². The summed E-state index contributed by atoms with van der Waals surface area (Å²) in [5, 5.41) is 0. The highest BCUT2D eigenvalue weighted by Crippen LogP contribution is 1.24. The van der Waals surface area contributed by atoms with E-state index < -0.39 is 0 Å². The minimum atomic E-state index is 0.597. The largest absolute Gasteiger partial charge is 0.331 e. The van der Waals surface area contributed by atoms with E-state index in [0.29, 0.717) is 13.1 Å². The lowest BCUT2D eigenvalue weighted by molar-refractivity contribution is 0.976. The van der Waals surface area contributed by atoms with Crippen molar-refractivity contribution in [1.82, 2.24) is 0 Å². The normalized spacial score (nSPS) is 6.60. The average Bonchev–Trinajstić information content (AvgIpc) is 1.91. The number of rotatable bonds is 1. The lowest BCUT2D eigenvalue weighted by Crippen LogP contribution is -2.11. The summed E-state index contributed by atoms with van der Waals surface area (Å²) in [5.74, 6) is 0. The van der Waals surface area contributed by atoms with Crippen molar-refractivity contribution in [3.8, 4) is 0 Å². The van der Waals surface area contributed by atoms with Crippen LogP contribution in [-0.2, 0) is 0 Å². The second kappa shape index (κ2) is 36.8. The van der Waals surface area contributed by atoms with E-state index in [1.165, 1.54) is 0 Å². The molecule has 0 saturated carbocycles. The Morgan fingerprint density at radius 2 is 0.800 bits per heavy atom. The molecule has 0 atom stereocenters. The predicted octanol–water partition coefficient (Wildman–Crippen LogP) is -1.17. The molecule has 0 fully saturated rings. The van der Waals surface area contributed by atoms with E-state index in [0.717, 1.165) is 13.1 Å². The van der Waals surface area contributed by atoms with E-state index in [1.54, 1.807) is 0 Å². The fraction of sp³-hybridized carbons (Fsp3) is 1.00. The Kier molecular flexibility index (Phi) is 60.6. The maximum absolute atomic E-state index is 4.90.